The molecule has 0 aliphatic carbocycles. The number of rotatable bonds is 6. The fourth-order valence-corrected chi connectivity index (χ4v) is 3.96. The van der Waals surface area contributed by atoms with Gasteiger partial charge < -0.3 is 10.1 Å². The maximum Gasteiger partial charge on any atom is 0.261 e. The summed E-state index contributed by atoms with van der Waals surface area (Å²) in [6.07, 6.45) is 0. The Bertz CT molecular complexity index is 1150. The van der Waals surface area contributed by atoms with Gasteiger partial charge in [0.25, 0.3) is 15.9 Å². The van der Waals surface area contributed by atoms with Crippen molar-refractivity contribution < 1.29 is 22.3 Å². The van der Waals surface area contributed by atoms with Crippen LogP contribution in [-0.2, 0) is 10.0 Å². The first-order valence-electron chi connectivity index (χ1n) is 8.32. The van der Waals surface area contributed by atoms with Crippen LogP contribution in [0.5, 0.6) is 5.75 Å². The molecular weight excluding hydrogens is 510 g/mol. The molecule has 0 aliphatic rings. The summed E-state index contributed by atoms with van der Waals surface area (Å²) in [5.41, 5.74) is 0.337. The van der Waals surface area contributed by atoms with E-state index in [1.165, 1.54) is 43.5 Å². The van der Waals surface area contributed by atoms with Crippen molar-refractivity contribution in [2.75, 3.05) is 17.1 Å². The maximum absolute atomic E-state index is 13.9. The Morgan fingerprint density at radius 2 is 1.72 bits per heavy atom. The van der Waals surface area contributed by atoms with Crippen LogP contribution in [0.1, 0.15) is 10.4 Å². The Hall–Kier alpha value is -2.66. The zero-order valence-corrected chi connectivity index (χ0v) is 18.1. The van der Waals surface area contributed by atoms with Crippen LogP contribution in [0.25, 0.3) is 0 Å². The minimum atomic E-state index is -3.92. The summed E-state index contributed by atoms with van der Waals surface area (Å²) in [5, 5.41) is 2.51. The number of benzene rings is 3. The highest BCUT2D eigenvalue weighted by atomic mass is 127. The zero-order chi connectivity index (χ0) is 21.0. The summed E-state index contributed by atoms with van der Waals surface area (Å²) in [7, 11) is -2.53. The molecule has 9 heteroatoms. The summed E-state index contributed by atoms with van der Waals surface area (Å²) in [4.78, 5) is 12.3. The first-order chi connectivity index (χ1) is 13.8. The smallest absolute Gasteiger partial charge is 0.261 e. The van der Waals surface area contributed by atoms with Crippen molar-refractivity contribution in [3.05, 3.63) is 81.7 Å². The lowest BCUT2D eigenvalue weighted by atomic mass is 10.2. The highest BCUT2D eigenvalue weighted by molar-refractivity contribution is 14.1. The molecule has 0 spiro atoms. The molecular formula is C20H16FIN2O4S. The second-order valence-electron chi connectivity index (χ2n) is 5.91. The molecule has 0 fully saturated rings. The summed E-state index contributed by atoms with van der Waals surface area (Å²) >= 11 is 2.12. The van der Waals surface area contributed by atoms with E-state index in [0.29, 0.717) is 5.69 Å². The largest absolute Gasteiger partial charge is 0.495 e. The normalized spacial score (nSPS) is 11.0. The standard InChI is InChI=1S/C20H16FIN2O4S/c1-28-19-11-10-15(29(26,27)24-14-8-6-13(22)7-9-14)12-18(19)23-20(25)16-4-2-3-5-17(16)21/h2-12,24H,1H3,(H,23,25). The number of halogens is 2. The Balaban J connectivity index is 1.91. The Labute approximate surface area is 181 Å². The maximum atomic E-state index is 13.9. The van der Waals surface area contributed by atoms with Crippen molar-refractivity contribution in [3.8, 4) is 5.75 Å². The second kappa shape index (κ2) is 8.78. The van der Waals surface area contributed by atoms with Gasteiger partial charge in [0.05, 0.1) is 23.3 Å². The van der Waals surface area contributed by atoms with Gasteiger partial charge in [-0.05, 0) is 77.2 Å². The van der Waals surface area contributed by atoms with Gasteiger partial charge in [0.2, 0.25) is 0 Å². The fourth-order valence-electron chi connectivity index (χ4n) is 2.52. The Kier molecular flexibility index (Phi) is 6.38. The number of carbonyl (C=O) groups is 1. The molecule has 3 aromatic carbocycles. The second-order valence-corrected chi connectivity index (χ2v) is 8.84. The van der Waals surface area contributed by atoms with Crippen molar-refractivity contribution in [2.45, 2.75) is 4.90 Å². The topological polar surface area (TPSA) is 84.5 Å². The van der Waals surface area contributed by atoms with Crippen molar-refractivity contribution in [1.29, 1.82) is 0 Å². The molecule has 0 saturated heterocycles. The van der Waals surface area contributed by atoms with E-state index in [4.69, 9.17) is 4.74 Å². The van der Waals surface area contributed by atoms with Gasteiger partial charge in [-0.15, -0.1) is 0 Å². The molecule has 1 amide bonds. The quantitative estimate of drug-likeness (QED) is 0.464. The fraction of sp³-hybridized carbons (Fsp3) is 0.0500. The van der Waals surface area contributed by atoms with Crippen LogP contribution in [0.2, 0.25) is 0 Å². The molecule has 0 aromatic heterocycles. The molecule has 0 heterocycles. The highest BCUT2D eigenvalue weighted by Crippen LogP contribution is 2.29. The van der Waals surface area contributed by atoms with E-state index in [9.17, 15) is 17.6 Å². The molecule has 0 radical (unpaired) electrons. The van der Waals surface area contributed by atoms with Crippen molar-refractivity contribution in [1.82, 2.24) is 0 Å². The zero-order valence-electron chi connectivity index (χ0n) is 15.1. The monoisotopic (exact) mass is 526 g/mol. The Morgan fingerprint density at radius 1 is 1.03 bits per heavy atom. The summed E-state index contributed by atoms with van der Waals surface area (Å²) in [6, 6.07) is 16.3. The van der Waals surface area contributed by atoms with E-state index < -0.39 is 21.7 Å². The van der Waals surface area contributed by atoms with Crippen molar-refractivity contribution in [3.63, 3.8) is 0 Å². The number of sulfonamides is 1. The minimum Gasteiger partial charge on any atom is -0.495 e. The lowest BCUT2D eigenvalue weighted by Gasteiger charge is -2.14. The molecule has 0 bridgehead atoms. The number of anilines is 2. The lowest BCUT2D eigenvalue weighted by molar-refractivity contribution is 0.102. The number of amides is 1. The van der Waals surface area contributed by atoms with Crippen LogP contribution < -0.4 is 14.8 Å². The van der Waals surface area contributed by atoms with E-state index in [1.807, 2.05) is 0 Å². The van der Waals surface area contributed by atoms with Gasteiger partial charge in [0.15, 0.2) is 0 Å². The minimum absolute atomic E-state index is 0.0827. The number of hydrogen-bond acceptors (Lipinski definition) is 4. The molecule has 6 nitrogen and oxygen atoms in total. The predicted octanol–water partition coefficient (Wildman–Crippen LogP) is 4.49. The van der Waals surface area contributed by atoms with E-state index in [0.717, 1.165) is 9.64 Å². The molecule has 150 valence electrons. The first kappa shape index (κ1) is 21.1. The van der Waals surface area contributed by atoms with Crippen LogP contribution in [0.3, 0.4) is 0 Å². The van der Waals surface area contributed by atoms with Crippen LogP contribution in [0, 0.1) is 9.39 Å². The van der Waals surface area contributed by atoms with Gasteiger partial charge in [-0.25, -0.2) is 12.8 Å². The Morgan fingerprint density at radius 3 is 2.38 bits per heavy atom. The number of carbonyl (C=O) groups excluding carboxylic acids is 1. The molecule has 0 unspecified atom stereocenters. The van der Waals surface area contributed by atoms with Crippen LogP contribution in [0.4, 0.5) is 15.8 Å². The summed E-state index contributed by atoms with van der Waals surface area (Å²) < 4.78 is 47.9. The highest BCUT2D eigenvalue weighted by Gasteiger charge is 2.19. The number of hydrogen-bond donors (Lipinski definition) is 2. The third kappa shape index (κ3) is 5.04. The predicted molar refractivity (Wildman–Crippen MR) is 117 cm³/mol. The molecule has 0 aliphatic heterocycles. The SMILES string of the molecule is COc1ccc(S(=O)(=O)Nc2ccc(I)cc2)cc1NC(=O)c1ccccc1F. The van der Waals surface area contributed by atoms with Crippen molar-refractivity contribution in [2.24, 2.45) is 0 Å². The van der Waals surface area contributed by atoms with Crippen LogP contribution in [-0.4, -0.2) is 21.4 Å². The van der Waals surface area contributed by atoms with Gasteiger partial charge in [-0.1, -0.05) is 12.1 Å². The third-order valence-corrected chi connectivity index (χ3v) is 6.04. The average Bonchev–Trinajstić information content (AvgIpc) is 2.70. The van der Waals surface area contributed by atoms with E-state index >= 15 is 0 Å². The van der Waals surface area contributed by atoms with Crippen LogP contribution >= 0.6 is 22.6 Å². The van der Waals surface area contributed by atoms with Gasteiger partial charge in [0, 0.05) is 9.26 Å². The van der Waals surface area contributed by atoms with E-state index in [2.05, 4.69) is 32.6 Å². The molecule has 29 heavy (non-hydrogen) atoms. The number of ether oxygens (including phenoxy) is 1. The van der Waals surface area contributed by atoms with Crippen LogP contribution in [0.15, 0.2) is 71.6 Å². The molecule has 0 saturated carbocycles. The van der Waals surface area contributed by atoms with Gasteiger partial charge >= 0.3 is 0 Å². The lowest BCUT2D eigenvalue weighted by Crippen LogP contribution is -2.16. The molecule has 3 aromatic rings. The third-order valence-electron chi connectivity index (χ3n) is 3.94. The van der Waals surface area contributed by atoms with Gasteiger partial charge in [-0.3, -0.25) is 9.52 Å². The van der Waals surface area contributed by atoms with Crippen molar-refractivity contribution >= 4 is 49.9 Å². The van der Waals surface area contributed by atoms with E-state index in [-0.39, 0.29) is 21.9 Å². The molecule has 3 rings (SSSR count). The average molecular weight is 526 g/mol. The van der Waals surface area contributed by atoms with Gasteiger partial charge in [-0.2, -0.15) is 0 Å². The summed E-state index contributed by atoms with van der Waals surface area (Å²) in [6.45, 7) is 0. The van der Waals surface area contributed by atoms with Gasteiger partial charge in [0.1, 0.15) is 11.6 Å². The number of methoxy groups -OCH3 is 1. The molecule has 2 N–H and O–H groups in total. The number of nitrogens with one attached hydrogen (secondary N) is 2. The summed E-state index contributed by atoms with van der Waals surface area (Å²) in [5.74, 6) is -1.17. The first-order valence-corrected chi connectivity index (χ1v) is 10.9. The van der Waals surface area contributed by atoms with E-state index in [1.54, 1.807) is 24.3 Å². The molecule has 0 atom stereocenters.